The number of ether oxygens (including phenoxy) is 1. The molecule has 0 bridgehead atoms. The molecule has 82 valence electrons. The molecule has 0 aromatic rings. The molecule has 2 rings (SSSR count). The molecule has 2 aliphatic rings. The maximum absolute atomic E-state index is 5.39. The molecule has 2 atom stereocenters. The Kier molecular flexibility index (Phi) is 3.79. The van der Waals surface area contributed by atoms with Crippen LogP contribution in [0, 0.1) is 0 Å². The van der Waals surface area contributed by atoms with Crippen LogP contribution in [0.1, 0.15) is 25.7 Å². The van der Waals surface area contributed by atoms with Crippen molar-refractivity contribution in [3.05, 3.63) is 0 Å². The highest BCUT2D eigenvalue weighted by Gasteiger charge is 2.26. The van der Waals surface area contributed by atoms with Crippen LogP contribution in [0.25, 0.3) is 0 Å². The molecule has 0 spiro atoms. The van der Waals surface area contributed by atoms with E-state index in [4.69, 9.17) is 4.74 Å². The van der Waals surface area contributed by atoms with Crippen LogP contribution in [0.5, 0.6) is 0 Å². The van der Waals surface area contributed by atoms with Crippen molar-refractivity contribution in [2.24, 2.45) is 0 Å². The predicted molar refractivity (Wildman–Crippen MR) is 57.5 cm³/mol. The van der Waals surface area contributed by atoms with Gasteiger partial charge < -0.3 is 10.1 Å². The summed E-state index contributed by atoms with van der Waals surface area (Å²) in [5, 5.41) is 3.42. The van der Waals surface area contributed by atoms with Gasteiger partial charge in [-0.3, -0.25) is 4.90 Å². The molecule has 0 aromatic heterocycles. The minimum absolute atomic E-state index is 0.747. The van der Waals surface area contributed by atoms with E-state index in [1.165, 1.54) is 25.7 Å². The Morgan fingerprint density at radius 1 is 1.21 bits per heavy atom. The van der Waals surface area contributed by atoms with Gasteiger partial charge in [0.25, 0.3) is 0 Å². The summed E-state index contributed by atoms with van der Waals surface area (Å²) < 4.78 is 5.39. The third-order valence-electron chi connectivity index (χ3n) is 3.62. The minimum atomic E-state index is 0.747. The summed E-state index contributed by atoms with van der Waals surface area (Å²) in [6.45, 7) is 4.14. The molecule has 1 aliphatic carbocycles. The fourth-order valence-corrected chi connectivity index (χ4v) is 2.70. The first kappa shape index (κ1) is 10.4. The Hall–Kier alpha value is -0.120. The zero-order valence-electron chi connectivity index (χ0n) is 9.17. The first-order valence-corrected chi connectivity index (χ1v) is 5.89. The van der Waals surface area contributed by atoms with E-state index in [0.29, 0.717) is 0 Å². The van der Waals surface area contributed by atoms with Gasteiger partial charge in [-0.1, -0.05) is 6.42 Å². The summed E-state index contributed by atoms with van der Waals surface area (Å²) >= 11 is 0. The van der Waals surface area contributed by atoms with Gasteiger partial charge in [0.15, 0.2) is 0 Å². The van der Waals surface area contributed by atoms with Crippen molar-refractivity contribution >= 4 is 0 Å². The molecule has 0 aromatic carbocycles. The topological polar surface area (TPSA) is 24.5 Å². The van der Waals surface area contributed by atoms with Crippen LogP contribution in [0.4, 0.5) is 0 Å². The highest BCUT2D eigenvalue weighted by Crippen LogP contribution is 2.23. The molecular formula is C11H22N2O. The summed E-state index contributed by atoms with van der Waals surface area (Å²) in [5.74, 6) is 0. The molecule has 0 amide bonds. The number of hydrogen-bond acceptors (Lipinski definition) is 3. The Morgan fingerprint density at radius 3 is 2.71 bits per heavy atom. The van der Waals surface area contributed by atoms with Crippen LogP contribution >= 0.6 is 0 Å². The molecule has 1 saturated heterocycles. The van der Waals surface area contributed by atoms with E-state index < -0.39 is 0 Å². The van der Waals surface area contributed by atoms with Crippen molar-refractivity contribution in [1.29, 1.82) is 0 Å². The Bertz CT molecular complexity index is 169. The molecular weight excluding hydrogens is 176 g/mol. The third kappa shape index (κ3) is 2.47. The van der Waals surface area contributed by atoms with E-state index in [0.717, 1.165) is 38.4 Å². The van der Waals surface area contributed by atoms with Gasteiger partial charge >= 0.3 is 0 Å². The first-order chi connectivity index (χ1) is 6.90. The number of rotatable bonds is 2. The van der Waals surface area contributed by atoms with Crippen LogP contribution in [0.15, 0.2) is 0 Å². The number of hydrogen-bond donors (Lipinski definition) is 1. The normalized spacial score (nSPS) is 35.8. The molecule has 14 heavy (non-hydrogen) atoms. The lowest BCUT2D eigenvalue weighted by Crippen LogP contribution is -2.48. The average Bonchev–Trinajstić information content (AvgIpc) is 2.30. The Morgan fingerprint density at radius 2 is 2.00 bits per heavy atom. The standard InChI is InChI=1S/C11H22N2O/c1-12-10-3-2-4-11(9-10)13-5-7-14-8-6-13/h10-12H,2-9H2,1H3/t10-,11+/m1/s1. The van der Waals surface area contributed by atoms with E-state index in [2.05, 4.69) is 17.3 Å². The van der Waals surface area contributed by atoms with Crippen molar-refractivity contribution in [3.63, 3.8) is 0 Å². The SMILES string of the molecule is CN[C@@H]1CCC[C@H](N2CCOCC2)C1. The fraction of sp³-hybridized carbons (Fsp3) is 1.00. The fourth-order valence-electron chi connectivity index (χ4n) is 2.70. The highest BCUT2D eigenvalue weighted by molar-refractivity contribution is 4.84. The van der Waals surface area contributed by atoms with Crippen molar-refractivity contribution in [2.75, 3.05) is 33.4 Å². The van der Waals surface area contributed by atoms with Gasteiger partial charge in [0.1, 0.15) is 0 Å². The van der Waals surface area contributed by atoms with E-state index in [9.17, 15) is 0 Å². The highest BCUT2D eigenvalue weighted by atomic mass is 16.5. The minimum Gasteiger partial charge on any atom is -0.379 e. The van der Waals surface area contributed by atoms with Crippen LogP contribution in [-0.4, -0.2) is 50.3 Å². The van der Waals surface area contributed by atoms with E-state index in [1.54, 1.807) is 0 Å². The summed E-state index contributed by atoms with van der Waals surface area (Å²) in [5.41, 5.74) is 0. The van der Waals surface area contributed by atoms with Crippen LogP contribution < -0.4 is 5.32 Å². The first-order valence-electron chi connectivity index (χ1n) is 5.89. The second-order valence-electron chi connectivity index (χ2n) is 4.45. The number of nitrogens with one attached hydrogen (secondary N) is 1. The van der Waals surface area contributed by atoms with Gasteiger partial charge in [-0.15, -0.1) is 0 Å². The second-order valence-corrected chi connectivity index (χ2v) is 4.45. The molecule has 3 heteroatoms. The molecule has 1 N–H and O–H groups in total. The molecule has 1 heterocycles. The summed E-state index contributed by atoms with van der Waals surface area (Å²) in [6, 6.07) is 1.56. The van der Waals surface area contributed by atoms with Gasteiger partial charge in [-0.2, -0.15) is 0 Å². The Balaban J connectivity index is 1.83. The molecule has 1 saturated carbocycles. The Labute approximate surface area is 86.8 Å². The van der Waals surface area contributed by atoms with Crippen molar-refractivity contribution in [3.8, 4) is 0 Å². The van der Waals surface area contributed by atoms with Crippen LogP contribution in [-0.2, 0) is 4.74 Å². The van der Waals surface area contributed by atoms with E-state index in [1.807, 2.05) is 0 Å². The van der Waals surface area contributed by atoms with E-state index in [-0.39, 0.29) is 0 Å². The summed E-state index contributed by atoms with van der Waals surface area (Å²) in [4.78, 5) is 2.62. The molecule has 3 nitrogen and oxygen atoms in total. The largest absolute Gasteiger partial charge is 0.379 e. The maximum Gasteiger partial charge on any atom is 0.0594 e. The number of morpholine rings is 1. The van der Waals surface area contributed by atoms with E-state index >= 15 is 0 Å². The quantitative estimate of drug-likeness (QED) is 0.712. The van der Waals surface area contributed by atoms with Crippen molar-refractivity contribution in [1.82, 2.24) is 10.2 Å². The maximum atomic E-state index is 5.39. The monoisotopic (exact) mass is 198 g/mol. The molecule has 2 fully saturated rings. The third-order valence-corrected chi connectivity index (χ3v) is 3.62. The lowest BCUT2D eigenvalue weighted by Gasteiger charge is -2.39. The summed E-state index contributed by atoms with van der Waals surface area (Å²) in [6.07, 6.45) is 5.46. The van der Waals surface area contributed by atoms with Gasteiger partial charge in [-0.25, -0.2) is 0 Å². The zero-order chi connectivity index (χ0) is 9.80. The van der Waals surface area contributed by atoms with Gasteiger partial charge in [-0.05, 0) is 26.3 Å². The lowest BCUT2D eigenvalue weighted by atomic mass is 9.90. The second kappa shape index (κ2) is 5.10. The molecule has 0 radical (unpaired) electrons. The molecule has 1 aliphatic heterocycles. The number of nitrogens with zero attached hydrogens (tertiary/aromatic N) is 1. The lowest BCUT2D eigenvalue weighted by molar-refractivity contribution is 0.00574. The van der Waals surface area contributed by atoms with Crippen LogP contribution in [0.2, 0.25) is 0 Å². The van der Waals surface area contributed by atoms with Crippen molar-refractivity contribution < 1.29 is 4.74 Å². The smallest absolute Gasteiger partial charge is 0.0594 e. The van der Waals surface area contributed by atoms with Gasteiger partial charge in [0.05, 0.1) is 13.2 Å². The zero-order valence-corrected chi connectivity index (χ0v) is 9.17. The van der Waals surface area contributed by atoms with Crippen LogP contribution in [0.3, 0.4) is 0 Å². The van der Waals surface area contributed by atoms with Crippen molar-refractivity contribution in [2.45, 2.75) is 37.8 Å². The van der Waals surface area contributed by atoms with Gasteiger partial charge in [0, 0.05) is 25.2 Å². The average molecular weight is 198 g/mol. The predicted octanol–water partition coefficient (Wildman–Crippen LogP) is 0.849. The van der Waals surface area contributed by atoms with Gasteiger partial charge in [0.2, 0.25) is 0 Å². The molecule has 0 unspecified atom stereocenters. The summed E-state index contributed by atoms with van der Waals surface area (Å²) in [7, 11) is 2.09.